The van der Waals surface area contributed by atoms with E-state index in [2.05, 4.69) is 5.32 Å². The average molecular weight is 177 g/mol. The second kappa shape index (κ2) is 7.88. The highest BCUT2D eigenvalue weighted by Gasteiger charge is 1.99. The number of hydrogen-bond donors (Lipinski definition) is 1. The molecule has 0 aliphatic rings. The molecule has 0 aromatic heterocycles. The van der Waals surface area contributed by atoms with Crippen LogP contribution >= 0.6 is 11.8 Å². The van der Waals surface area contributed by atoms with Gasteiger partial charge in [-0.2, -0.15) is 0 Å². The number of carbonyl (C=O) groups excluding carboxylic acids is 1. The van der Waals surface area contributed by atoms with Crippen LogP contribution < -0.4 is 5.32 Å². The molecule has 0 atom stereocenters. The van der Waals surface area contributed by atoms with Crippen molar-refractivity contribution < 1.29 is 9.53 Å². The Morgan fingerprint density at radius 1 is 1.64 bits per heavy atom. The van der Waals surface area contributed by atoms with Crippen molar-refractivity contribution in [2.75, 3.05) is 31.7 Å². The van der Waals surface area contributed by atoms with Gasteiger partial charge in [-0.25, -0.2) is 0 Å². The summed E-state index contributed by atoms with van der Waals surface area (Å²) in [5, 5.41) is 3.00. The summed E-state index contributed by atoms with van der Waals surface area (Å²) in [6, 6.07) is 0. The van der Waals surface area contributed by atoms with Gasteiger partial charge in [0, 0.05) is 12.3 Å². The summed E-state index contributed by atoms with van der Waals surface area (Å²) < 4.78 is 4.74. The quantitative estimate of drug-likeness (QED) is 0.474. The van der Waals surface area contributed by atoms with Gasteiger partial charge in [0.25, 0.3) is 0 Å². The molecule has 0 radical (unpaired) electrons. The van der Waals surface area contributed by atoms with E-state index in [1.807, 2.05) is 14.0 Å². The van der Waals surface area contributed by atoms with Crippen LogP contribution in [-0.2, 0) is 9.53 Å². The maximum Gasteiger partial charge on any atom is 0.315 e. The van der Waals surface area contributed by atoms with Gasteiger partial charge in [0.15, 0.2) is 0 Å². The van der Waals surface area contributed by atoms with E-state index in [4.69, 9.17) is 4.74 Å². The molecular formula is C7H15NO2S. The van der Waals surface area contributed by atoms with Gasteiger partial charge in [0.1, 0.15) is 0 Å². The maximum absolute atomic E-state index is 10.7. The van der Waals surface area contributed by atoms with E-state index in [9.17, 15) is 4.79 Å². The molecule has 0 aliphatic heterocycles. The van der Waals surface area contributed by atoms with E-state index in [0.717, 1.165) is 12.3 Å². The predicted octanol–water partition coefficient (Wildman–Crippen LogP) is 0.502. The topological polar surface area (TPSA) is 38.3 Å². The zero-order valence-electron chi connectivity index (χ0n) is 7.05. The molecule has 0 aliphatic carbocycles. The van der Waals surface area contributed by atoms with Crippen molar-refractivity contribution in [3.8, 4) is 0 Å². The number of ether oxygens (including phenoxy) is 1. The highest BCUT2D eigenvalue weighted by molar-refractivity contribution is 7.99. The van der Waals surface area contributed by atoms with Crippen molar-refractivity contribution in [3.63, 3.8) is 0 Å². The van der Waals surface area contributed by atoms with Gasteiger partial charge in [-0.3, -0.25) is 4.79 Å². The Bertz CT molecular complexity index is 109. The Kier molecular flexibility index (Phi) is 7.72. The minimum absolute atomic E-state index is 0.117. The van der Waals surface area contributed by atoms with Crippen molar-refractivity contribution in [2.24, 2.45) is 0 Å². The molecule has 0 unspecified atom stereocenters. The Balaban J connectivity index is 3.04. The summed E-state index contributed by atoms with van der Waals surface area (Å²) in [4.78, 5) is 10.7. The predicted molar refractivity (Wildman–Crippen MR) is 47.9 cm³/mol. The van der Waals surface area contributed by atoms with E-state index in [-0.39, 0.29) is 5.97 Å². The molecule has 0 aromatic rings. The van der Waals surface area contributed by atoms with Crippen LogP contribution in [0.3, 0.4) is 0 Å². The molecule has 3 nitrogen and oxygen atoms in total. The van der Waals surface area contributed by atoms with Gasteiger partial charge in [-0.15, -0.1) is 11.8 Å². The number of esters is 1. The van der Waals surface area contributed by atoms with Gasteiger partial charge in [-0.05, 0) is 14.0 Å². The Labute approximate surface area is 71.9 Å². The summed E-state index contributed by atoms with van der Waals surface area (Å²) in [6.07, 6.45) is 0. The molecule has 0 aromatic carbocycles. The van der Waals surface area contributed by atoms with Gasteiger partial charge >= 0.3 is 5.97 Å². The van der Waals surface area contributed by atoms with E-state index in [0.29, 0.717) is 12.4 Å². The molecule has 0 fully saturated rings. The third-order valence-corrected chi connectivity index (χ3v) is 1.95. The lowest BCUT2D eigenvalue weighted by Gasteiger charge is -2.00. The third-order valence-electron chi connectivity index (χ3n) is 1.02. The largest absolute Gasteiger partial charge is 0.465 e. The van der Waals surface area contributed by atoms with Crippen molar-refractivity contribution in [1.29, 1.82) is 0 Å². The first-order valence-corrected chi connectivity index (χ1v) is 4.84. The lowest BCUT2D eigenvalue weighted by molar-refractivity contribution is -0.139. The molecule has 1 N–H and O–H groups in total. The van der Waals surface area contributed by atoms with Gasteiger partial charge in [0.05, 0.1) is 12.4 Å². The van der Waals surface area contributed by atoms with Gasteiger partial charge < -0.3 is 10.1 Å². The molecule has 66 valence electrons. The molecule has 0 rings (SSSR count). The minimum Gasteiger partial charge on any atom is -0.465 e. The second-order valence-electron chi connectivity index (χ2n) is 1.96. The Morgan fingerprint density at radius 3 is 2.91 bits per heavy atom. The molecule has 0 spiro atoms. The first kappa shape index (κ1) is 10.8. The van der Waals surface area contributed by atoms with E-state index in [1.54, 1.807) is 11.8 Å². The third kappa shape index (κ3) is 7.68. The fourth-order valence-electron chi connectivity index (χ4n) is 0.532. The number of rotatable bonds is 6. The van der Waals surface area contributed by atoms with Crippen molar-refractivity contribution >= 4 is 17.7 Å². The molecular weight excluding hydrogens is 162 g/mol. The Hall–Kier alpha value is -0.220. The smallest absolute Gasteiger partial charge is 0.315 e. The number of carbonyl (C=O) groups is 1. The van der Waals surface area contributed by atoms with Crippen LogP contribution in [0.5, 0.6) is 0 Å². The summed E-state index contributed by atoms with van der Waals surface area (Å²) in [7, 11) is 1.89. The van der Waals surface area contributed by atoms with E-state index in [1.165, 1.54) is 0 Å². The van der Waals surface area contributed by atoms with Crippen LogP contribution in [0, 0.1) is 0 Å². The minimum atomic E-state index is -0.117. The molecule has 11 heavy (non-hydrogen) atoms. The summed E-state index contributed by atoms with van der Waals surface area (Å²) in [5.41, 5.74) is 0. The van der Waals surface area contributed by atoms with Gasteiger partial charge in [-0.1, -0.05) is 0 Å². The van der Waals surface area contributed by atoms with Crippen LogP contribution in [0.15, 0.2) is 0 Å². The maximum atomic E-state index is 10.7. The van der Waals surface area contributed by atoms with Crippen molar-refractivity contribution in [2.45, 2.75) is 6.92 Å². The van der Waals surface area contributed by atoms with Crippen molar-refractivity contribution in [1.82, 2.24) is 5.32 Å². The fraction of sp³-hybridized carbons (Fsp3) is 0.857. The lowest BCUT2D eigenvalue weighted by Crippen LogP contribution is -2.12. The van der Waals surface area contributed by atoms with Crippen LogP contribution in [0.25, 0.3) is 0 Å². The number of thioether (sulfide) groups is 1. The standard InChI is InChI=1S/C7H15NO2S/c1-3-10-7(9)6-11-5-4-8-2/h8H,3-6H2,1-2H3. The highest BCUT2D eigenvalue weighted by atomic mass is 32.2. The second-order valence-corrected chi connectivity index (χ2v) is 3.07. The number of nitrogens with one attached hydrogen (secondary N) is 1. The monoisotopic (exact) mass is 177 g/mol. The lowest BCUT2D eigenvalue weighted by atomic mass is 10.7. The zero-order valence-corrected chi connectivity index (χ0v) is 7.87. The van der Waals surface area contributed by atoms with Crippen LogP contribution in [0.2, 0.25) is 0 Å². The van der Waals surface area contributed by atoms with Gasteiger partial charge in [0.2, 0.25) is 0 Å². The Morgan fingerprint density at radius 2 is 2.36 bits per heavy atom. The first-order valence-electron chi connectivity index (χ1n) is 3.69. The normalized spacial score (nSPS) is 9.64. The van der Waals surface area contributed by atoms with Crippen LogP contribution in [0.1, 0.15) is 6.92 Å². The molecule has 0 saturated heterocycles. The molecule has 4 heteroatoms. The summed E-state index contributed by atoms with van der Waals surface area (Å²) in [5.74, 6) is 1.30. The molecule has 0 saturated carbocycles. The highest BCUT2D eigenvalue weighted by Crippen LogP contribution is 1.98. The molecule has 0 amide bonds. The average Bonchev–Trinajstić information content (AvgIpc) is 1.99. The van der Waals surface area contributed by atoms with Crippen molar-refractivity contribution in [3.05, 3.63) is 0 Å². The van der Waals surface area contributed by atoms with E-state index >= 15 is 0 Å². The molecule has 0 heterocycles. The zero-order chi connectivity index (χ0) is 8.53. The molecule has 0 bridgehead atoms. The fourth-order valence-corrected chi connectivity index (χ4v) is 1.28. The SMILES string of the molecule is CCOC(=O)CSCCNC. The van der Waals surface area contributed by atoms with Crippen LogP contribution in [0.4, 0.5) is 0 Å². The summed E-state index contributed by atoms with van der Waals surface area (Å²) in [6.45, 7) is 3.23. The first-order chi connectivity index (χ1) is 5.31. The summed E-state index contributed by atoms with van der Waals surface area (Å²) >= 11 is 1.59. The number of hydrogen-bond acceptors (Lipinski definition) is 4. The van der Waals surface area contributed by atoms with Crippen LogP contribution in [-0.4, -0.2) is 37.7 Å². The van der Waals surface area contributed by atoms with E-state index < -0.39 is 0 Å².